The largest absolute Gasteiger partial charge is 0.493 e. The molecule has 0 aromatic heterocycles. The second kappa shape index (κ2) is 9.46. The smallest absolute Gasteiger partial charge is 0.224 e. The zero-order valence-electron chi connectivity index (χ0n) is 14.8. The van der Waals surface area contributed by atoms with E-state index in [2.05, 4.69) is 5.32 Å². The van der Waals surface area contributed by atoms with Crippen LogP contribution in [0.2, 0.25) is 0 Å². The average Bonchev–Trinajstić information content (AvgIpc) is 3.02. The van der Waals surface area contributed by atoms with Gasteiger partial charge >= 0.3 is 0 Å². The molecule has 140 valence electrons. The SMILES string of the molecule is COc1ccccc1Oc1ccc(NC(=O)C[C@@H]2CCC[C@H]2N)cc1.Cl. The number of carbonyl (C=O) groups is 1. The number of carbonyl (C=O) groups excluding carboxylic acids is 1. The summed E-state index contributed by atoms with van der Waals surface area (Å²) in [6, 6.07) is 14.9. The van der Waals surface area contributed by atoms with E-state index in [1.807, 2.05) is 48.5 Å². The number of hydrogen-bond acceptors (Lipinski definition) is 4. The Bertz CT molecular complexity index is 721. The molecule has 1 aliphatic rings. The number of rotatable bonds is 6. The van der Waals surface area contributed by atoms with Crippen LogP contribution in [0.4, 0.5) is 5.69 Å². The summed E-state index contributed by atoms with van der Waals surface area (Å²) in [5.74, 6) is 2.32. The first kappa shape index (κ1) is 20.1. The van der Waals surface area contributed by atoms with Crippen LogP contribution < -0.4 is 20.5 Å². The number of hydrogen-bond donors (Lipinski definition) is 2. The number of halogens is 1. The maximum absolute atomic E-state index is 12.2. The molecule has 1 saturated carbocycles. The van der Waals surface area contributed by atoms with Crippen LogP contribution in [0.25, 0.3) is 0 Å². The number of methoxy groups -OCH3 is 1. The number of para-hydroxylation sites is 2. The van der Waals surface area contributed by atoms with Crippen molar-refractivity contribution in [1.29, 1.82) is 0 Å². The summed E-state index contributed by atoms with van der Waals surface area (Å²) in [4.78, 5) is 12.2. The highest BCUT2D eigenvalue weighted by Gasteiger charge is 2.25. The van der Waals surface area contributed by atoms with Gasteiger partial charge in [-0.1, -0.05) is 18.6 Å². The second-order valence-electron chi connectivity index (χ2n) is 6.38. The molecule has 0 unspecified atom stereocenters. The standard InChI is InChI=1S/C20H24N2O3.ClH/c1-24-18-7-2-3-8-19(18)25-16-11-9-15(10-12-16)22-20(23)13-14-5-4-6-17(14)21;/h2-3,7-12,14,17H,4-6,13,21H2,1H3,(H,22,23);1H/t14-,17+;/m0./s1. The molecule has 0 heterocycles. The van der Waals surface area contributed by atoms with E-state index in [0.29, 0.717) is 29.6 Å². The number of nitrogens with one attached hydrogen (secondary N) is 1. The molecule has 26 heavy (non-hydrogen) atoms. The van der Waals surface area contributed by atoms with E-state index in [-0.39, 0.29) is 24.4 Å². The Morgan fingerprint density at radius 2 is 1.81 bits per heavy atom. The molecule has 0 bridgehead atoms. The molecule has 1 amide bonds. The van der Waals surface area contributed by atoms with Crippen LogP contribution in [0.3, 0.4) is 0 Å². The van der Waals surface area contributed by atoms with Crippen LogP contribution >= 0.6 is 12.4 Å². The van der Waals surface area contributed by atoms with Crippen molar-refractivity contribution in [2.75, 3.05) is 12.4 Å². The van der Waals surface area contributed by atoms with E-state index < -0.39 is 0 Å². The fourth-order valence-corrected chi connectivity index (χ4v) is 3.21. The molecule has 6 heteroatoms. The van der Waals surface area contributed by atoms with Gasteiger partial charge in [0.05, 0.1) is 7.11 Å². The van der Waals surface area contributed by atoms with Crippen molar-refractivity contribution in [3.63, 3.8) is 0 Å². The quantitative estimate of drug-likeness (QED) is 0.785. The van der Waals surface area contributed by atoms with Crippen LogP contribution in [0.15, 0.2) is 48.5 Å². The average molecular weight is 377 g/mol. The Morgan fingerprint density at radius 3 is 2.42 bits per heavy atom. The number of anilines is 1. The fourth-order valence-electron chi connectivity index (χ4n) is 3.21. The summed E-state index contributed by atoms with van der Waals surface area (Å²) in [5, 5.41) is 2.93. The highest BCUT2D eigenvalue weighted by molar-refractivity contribution is 5.91. The maximum atomic E-state index is 12.2. The molecule has 0 radical (unpaired) electrons. The van der Waals surface area contributed by atoms with Crippen molar-refractivity contribution in [2.45, 2.75) is 31.7 Å². The lowest BCUT2D eigenvalue weighted by Gasteiger charge is -2.15. The topological polar surface area (TPSA) is 73.6 Å². The third-order valence-electron chi connectivity index (χ3n) is 4.60. The van der Waals surface area contributed by atoms with Crippen molar-refractivity contribution < 1.29 is 14.3 Å². The summed E-state index contributed by atoms with van der Waals surface area (Å²) in [5.41, 5.74) is 6.78. The molecule has 3 N–H and O–H groups in total. The van der Waals surface area contributed by atoms with Crippen molar-refractivity contribution in [3.8, 4) is 17.2 Å². The van der Waals surface area contributed by atoms with Gasteiger partial charge in [0.25, 0.3) is 0 Å². The zero-order valence-corrected chi connectivity index (χ0v) is 15.6. The van der Waals surface area contributed by atoms with Gasteiger partial charge in [0.1, 0.15) is 5.75 Å². The van der Waals surface area contributed by atoms with E-state index in [1.165, 1.54) is 0 Å². The van der Waals surface area contributed by atoms with Gasteiger partial charge in [-0.2, -0.15) is 0 Å². The lowest BCUT2D eigenvalue weighted by Crippen LogP contribution is -2.28. The summed E-state index contributed by atoms with van der Waals surface area (Å²) in [7, 11) is 1.61. The molecule has 1 fully saturated rings. The minimum absolute atomic E-state index is 0. The summed E-state index contributed by atoms with van der Waals surface area (Å²) in [6.07, 6.45) is 3.67. The van der Waals surface area contributed by atoms with Gasteiger partial charge in [-0.3, -0.25) is 4.79 Å². The zero-order chi connectivity index (χ0) is 17.6. The molecular formula is C20H25ClN2O3. The third kappa shape index (κ3) is 5.13. The van der Waals surface area contributed by atoms with E-state index in [4.69, 9.17) is 15.2 Å². The van der Waals surface area contributed by atoms with E-state index >= 15 is 0 Å². The molecule has 0 spiro atoms. The van der Waals surface area contributed by atoms with E-state index in [1.54, 1.807) is 7.11 Å². The Hall–Kier alpha value is -2.24. The highest BCUT2D eigenvalue weighted by Crippen LogP contribution is 2.31. The summed E-state index contributed by atoms with van der Waals surface area (Å²) >= 11 is 0. The monoisotopic (exact) mass is 376 g/mol. The normalized spacial score (nSPS) is 18.7. The third-order valence-corrected chi connectivity index (χ3v) is 4.60. The Balaban J connectivity index is 0.00000243. The Labute approximate surface area is 160 Å². The van der Waals surface area contributed by atoms with E-state index in [0.717, 1.165) is 24.9 Å². The van der Waals surface area contributed by atoms with Crippen molar-refractivity contribution >= 4 is 24.0 Å². The molecule has 2 atom stereocenters. The minimum Gasteiger partial charge on any atom is -0.493 e. The minimum atomic E-state index is 0. The molecule has 1 aliphatic carbocycles. The van der Waals surface area contributed by atoms with Gasteiger partial charge in [0.15, 0.2) is 11.5 Å². The first-order valence-electron chi connectivity index (χ1n) is 8.62. The van der Waals surface area contributed by atoms with Crippen molar-refractivity contribution in [3.05, 3.63) is 48.5 Å². The van der Waals surface area contributed by atoms with Crippen LogP contribution in [0.1, 0.15) is 25.7 Å². The van der Waals surface area contributed by atoms with Gasteiger partial charge in [0.2, 0.25) is 5.91 Å². The van der Waals surface area contributed by atoms with Gasteiger partial charge in [-0.05, 0) is 55.2 Å². The van der Waals surface area contributed by atoms with E-state index in [9.17, 15) is 4.79 Å². The molecule has 2 aromatic rings. The Morgan fingerprint density at radius 1 is 1.12 bits per heavy atom. The number of benzene rings is 2. The molecule has 2 aromatic carbocycles. The first-order chi connectivity index (χ1) is 12.2. The summed E-state index contributed by atoms with van der Waals surface area (Å²) < 4.78 is 11.1. The van der Waals surface area contributed by atoms with Crippen molar-refractivity contribution in [2.24, 2.45) is 11.7 Å². The number of nitrogens with two attached hydrogens (primary N) is 1. The predicted molar refractivity (Wildman–Crippen MR) is 105 cm³/mol. The maximum Gasteiger partial charge on any atom is 0.224 e. The van der Waals surface area contributed by atoms with Gasteiger partial charge in [-0.15, -0.1) is 12.4 Å². The lowest BCUT2D eigenvalue weighted by molar-refractivity contribution is -0.117. The van der Waals surface area contributed by atoms with Gasteiger partial charge < -0.3 is 20.5 Å². The Kier molecular flexibility index (Phi) is 7.30. The van der Waals surface area contributed by atoms with Crippen molar-refractivity contribution in [1.82, 2.24) is 0 Å². The first-order valence-corrected chi connectivity index (χ1v) is 8.62. The molecule has 0 aliphatic heterocycles. The number of ether oxygens (including phenoxy) is 2. The molecule has 3 rings (SSSR count). The van der Waals surface area contributed by atoms with Crippen LogP contribution in [0.5, 0.6) is 17.2 Å². The second-order valence-corrected chi connectivity index (χ2v) is 6.38. The van der Waals surface area contributed by atoms with Crippen LogP contribution in [-0.2, 0) is 4.79 Å². The molecular weight excluding hydrogens is 352 g/mol. The highest BCUT2D eigenvalue weighted by atomic mass is 35.5. The van der Waals surface area contributed by atoms with Gasteiger partial charge in [-0.25, -0.2) is 0 Å². The van der Waals surface area contributed by atoms with Gasteiger partial charge in [0, 0.05) is 18.2 Å². The summed E-state index contributed by atoms with van der Waals surface area (Å²) in [6.45, 7) is 0. The fraction of sp³-hybridized carbons (Fsp3) is 0.350. The lowest BCUT2D eigenvalue weighted by atomic mass is 10.00. The molecule has 0 saturated heterocycles. The predicted octanol–water partition coefficient (Wildman–Crippen LogP) is 4.37. The van der Waals surface area contributed by atoms with Crippen LogP contribution in [0, 0.1) is 5.92 Å². The molecule has 5 nitrogen and oxygen atoms in total. The van der Waals surface area contributed by atoms with Crippen LogP contribution in [-0.4, -0.2) is 19.1 Å². The number of amides is 1.